The Morgan fingerprint density at radius 2 is 1.17 bits per heavy atom. The highest BCUT2D eigenvalue weighted by atomic mass is 16.7. The topological polar surface area (TPSA) is 428 Å². The number of rotatable bonds is 31. The van der Waals surface area contributed by atoms with Crippen LogP contribution in [-0.4, -0.2) is 174 Å². The smallest absolute Gasteiger partial charge is 0.409 e. The Bertz CT molecular complexity index is 5070. The third kappa shape index (κ3) is 18.4. The largest absolute Gasteiger partial charge is 0.494 e. The van der Waals surface area contributed by atoms with Gasteiger partial charge < -0.3 is 78.8 Å². The predicted octanol–water partition coefficient (Wildman–Crippen LogP) is 8.23. The summed E-state index contributed by atoms with van der Waals surface area (Å²) in [5, 5.41) is 20.1. The molecule has 1 saturated heterocycles. The molecule has 1 aliphatic carbocycles. The van der Waals surface area contributed by atoms with Gasteiger partial charge in [0, 0.05) is 102 Å². The lowest BCUT2D eigenvalue weighted by atomic mass is 9.98. The third-order valence-corrected chi connectivity index (χ3v) is 18.2. The molecular formula is C77H85N15O19. The Labute approximate surface area is 635 Å². The van der Waals surface area contributed by atoms with E-state index in [2.05, 4.69) is 31.5 Å². The molecule has 0 spiro atoms. The molecule has 5 heterocycles. The summed E-state index contributed by atoms with van der Waals surface area (Å²) in [6.45, 7) is 12.4. The number of hydrogen-bond donors (Lipinski definition) is 6. The van der Waals surface area contributed by atoms with Gasteiger partial charge in [0.25, 0.3) is 11.8 Å². The molecule has 111 heavy (non-hydrogen) atoms. The van der Waals surface area contributed by atoms with Crippen LogP contribution in [0.15, 0.2) is 115 Å². The van der Waals surface area contributed by atoms with Crippen molar-refractivity contribution in [3.05, 3.63) is 166 Å². The van der Waals surface area contributed by atoms with Gasteiger partial charge in [-0.05, 0) is 112 Å². The summed E-state index contributed by atoms with van der Waals surface area (Å²) in [5.41, 5.74) is 19.2. The quantitative estimate of drug-likeness (QED) is 0.0103. The van der Waals surface area contributed by atoms with Gasteiger partial charge in [-0.25, -0.2) is 19.6 Å². The lowest BCUT2D eigenvalue weighted by molar-refractivity contribution is -0.280. The molecule has 34 heteroatoms. The molecule has 0 radical (unpaired) electrons. The second-order valence-corrected chi connectivity index (χ2v) is 26.2. The first-order valence-corrected chi connectivity index (χ1v) is 35.7. The normalized spacial score (nSPS) is 15.7. The molecule has 11 rings (SSSR count). The van der Waals surface area contributed by atoms with Crippen molar-refractivity contribution in [2.45, 2.75) is 138 Å². The number of imidazole rings is 2. The monoisotopic (exact) mass is 1520 g/mol. The molecule has 4 aromatic heterocycles. The number of primary amides is 2. The van der Waals surface area contributed by atoms with E-state index < -0.39 is 96.9 Å². The number of ether oxygens (including phenoxy) is 9. The number of anilines is 3. The minimum absolute atomic E-state index is 0.00445. The highest BCUT2D eigenvalue weighted by Crippen LogP contribution is 2.45. The molecule has 5 atom stereocenters. The molecule has 0 saturated carbocycles. The van der Waals surface area contributed by atoms with Crippen LogP contribution in [0, 0.1) is 13.8 Å². The summed E-state index contributed by atoms with van der Waals surface area (Å²) in [5.74, 6) is -5.22. The number of nitrogens with one attached hydrogen (secondary N) is 4. The summed E-state index contributed by atoms with van der Waals surface area (Å²) in [6, 6.07) is 29.2. The van der Waals surface area contributed by atoms with E-state index in [4.69, 9.17) is 64.1 Å². The number of aryl methyl sites for hydroxylation is 4. The molecule has 34 nitrogen and oxygen atoms in total. The fraction of sp³-hybridized carbons (Fsp3) is 0.351. The van der Waals surface area contributed by atoms with Gasteiger partial charge in [0.1, 0.15) is 52.9 Å². The number of aromatic nitrogens is 8. The maximum atomic E-state index is 14.2. The number of esters is 3. The molecule has 1 fully saturated rings. The summed E-state index contributed by atoms with van der Waals surface area (Å²) >= 11 is 0. The fourth-order valence-electron chi connectivity index (χ4n) is 13.2. The molecule has 1 aliphatic heterocycles. The number of amides is 7. The van der Waals surface area contributed by atoms with Crippen LogP contribution in [0.1, 0.15) is 130 Å². The van der Waals surface area contributed by atoms with Crippen LogP contribution < -0.4 is 46.9 Å². The maximum Gasteiger partial charge on any atom is 0.409 e. The molecule has 0 unspecified atom stereocenters. The van der Waals surface area contributed by atoms with Crippen LogP contribution in [0.4, 0.5) is 27.2 Å². The number of hydrogen-bond acceptors (Lipinski definition) is 23. The number of methoxy groups -OCH3 is 1. The van der Waals surface area contributed by atoms with Crippen LogP contribution >= 0.6 is 0 Å². The van der Waals surface area contributed by atoms with Gasteiger partial charge in [-0.15, -0.1) is 0 Å². The number of fused-ring (bicyclic) bond motifs is 5. The van der Waals surface area contributed by atoms with Crippen molar-refractivity contribution in [1.82, 2.24) is 48.9 Å². The van der Waals surface area contributed by atoms with Gasteiger partial charge in [-0.3, -0.25) is 58.4 Å². The Kier molecular flexibility index (Phi) is 24.8. The van der Waals surface area contributed by atoms with E-state index in [9.17, 15) is 47.9 Å². The van der Waals surface area contributed by atoms with Crippen LogP contribution in [0.3, 0.4) is 0 Å². The Balaban J connectivity index is 0.804. The zero-order valence-corrected chi connectivity index (χ0v) is 62.6. The van der Waals surface area contributed by atoms with Gasteiger partial charge in [-0.2, -0.15) is 10.2 Å². The van der Waals surface area contributed by atoms with Gasteiger partial charge in [0.2, 0.25) is 42.0 Å². The average Bonchev–Trinajstić information content (AvgIpc) is 1.69. The summed E-state index contributed by atoms with van der Waals surface area (Å²) in [7, 11) is 2.90. The minimum Gasteiger partial charge on any atom is -0.494 e. The summed E-state index contributed by atoms with van der Waals surface area (Å²) < 4.78 is 59.1. The number of alkyl carbamates (subject to hydrolysis) is 1. The zero-order chi connectivity index (χ0) is 79.5. The van der Waals surface area contributed by atoms with Crippen LogP contribution in [0.5, 0.6) is 17.2 Å². The first kappa shape index (κ1) is 78.9. The van der Waals surface area contributed by atoms with E-state index >= 15 is 0 Å². The molecule has 7 amide bonds. The van der Waals surface area contributed by atoms with Crippen molar-refractivity contribution < 1.29 is 90.6 Å². The van der Waals surface area contributed by atoms with Gasteiger partial charge in [0.15, 0.2) is 12.2 Å². The van der Waals surface area contributed by atoms with Crippen molar-refractivity contribution in [3.63, 3.8) is 0 Å². The molecule has 0 bridgehead atoms. The number of nitrogens with two attached hydrogens (primary N) is 2. The predicted molar refractivity (Wildman–Crippen MR) is 401 cm³/mol. The second-order valence-electron chi connectivity index (χ2n) is 26.2. The second kappa shape index (κ2) is 34.8. The minimum atomic E-state index is -1.49. The maximum absolute atomic E-state index is 14.2. The highest BCUT2D eigenvalue weighted by molar-refractivity contribution is 6.06. The fourth-order valence-corrected chi connectivity index (χ4v) is 13.2. The van der Waals surface area contributed by atoms with Crippen molar-refractivity contribution in [2.24, 2.45) is 11.5 Å². The number of carbonyl (C=O) groups is 10. The Morgan fingerprint density at radius 3 is 1.71 bits per heavy atom. The molecule has 8 N–H and O–H groups in total. The van der Waals surface area contributed by atoms with Gasteiger partial charge in [-0.1, -0.05) is 60.7 Å². The van der Waals surface area contributed by atoms with E-state index in [1.54, 1.807) is 51.9 Å². The molecule has 5 aromatic carbocycles. The SMILES string of the molecule is CCn1nc(C)cc1C(=O)Nc1nc2cc(C(N)=O)cc(OC)c2n1C/C=C/Cn1c(NC(=O)c2cc(C)nn2CC)nc2cc(C(N)=O)cc(OCCCN(C)C(=O)OCc3ccc(O[C@@H]4O[C@H](C)[C@@H](OC(C)=O)[C@H](OC(C)=O)[C@H]4OC(C)=O)cc3NC(=O)CCNC(=O)OCC3c4ccccc4-c4ccccc43)c21. The standard InChI is InChI=1S/C77H85N15O19/c1-11-91-59(32-41(3)86-91)71(99)84-74-82-57-34-48(69(78)97)36-61(103-10)64(57)89(74)29-17-18-30-90-65-58(83-75(90)85-72(100)60-33-42(4)87-92(60)12-2)35-49(70(79)98)37-62(65)104-31-19-28-88(9)77(102)106-39-47-24-25-50(111-73-68(110-46(8)95)67(109-45(7)94)66(43(5)107-73)108-44(6)93)38-56(47)81-63(96)26-27-80-76(101)105-40-55-53-22-15-13-20-51(53)52-21-14-16-23-54(52)55/h13-18,20-25,32-38,43,55,66-68,73H,11-12,19,26-31,39-40H2,1-10H3,(H2,78,97)(H2,79,98)(H,80,101)(H,81,96)(H,82,84,99)(H,83,85,100)/b18-17+/t43-,66-,67+,68-,73+/m1/s1. The number of benzene rings is 5. The van der Waals surface area contributed by atoms with E-state index in [0.717, 1.165) is 43.0 Å². The van der Waals surface area contributed by atoms with E-state index in [1.807, 2.05) is 62.4 Å². The first-order valence-electron chi connectivity index (χ1n) is 35.7. The van der Waals surface area contributed by atoms with Crippen LogP contribution in [0.2, 0.25) is 0 Å². The number of allylic oxidation sites excluding steroid dienone is 2. The lowest BCUT2D eigenvalue weighted by Gasteiger charge is -2.43. The van der Waals surface area contributed by atoms with Crippen molar-refractivity contribution in [1.29, 1.82) is 0 Å². The summed E-state index contributed by atoms with van der Waals surface area (Å²) in [6.07, 6.45) is -4.71. The van der Waals surface area contributed by atoms with Gasteiger partial charge in [0.05, 0.1) is 47.9 Å². The van der Waals surface area contributed by atoms with Crippen molar-refractivity contribution in [2.75, 3.05) is 56.4 Å². The molecule has 2 aliphatic rings. The van der Waals surface area contributed by atoms with Crippen LogP contribution in [-0.2, 0) is 80.4 Å². The van der Waals surface area contributed by atoms with Gasteiger partial charge >= 0.3 is 30.1 Å². The Hall–Kier alpha value is -13.1. The lowest BCUT2D eigenvalue weighted by Crippen LogP contribution is -2.62. The van der Waals surface area contributed by atoms with Crippen LogP contribution in [0.25, 0.3) is 33.2 Å². The number of nitrogens with zero attached hydrogens (tertiary/aromatic N) is 9. The van der Waals surface area contributed by atoms with E-state index in [1.165, 1.54) is 73.1 Å². The summed E-state index contributed by atoms with van der Waals surface area (Å²) in [4.78, 5) is 143. The van der Waals surface area contributed by atoms with E-state index in [-0.39, 0.29) is 132 Å². The highest BCUT2D eigenvalue weighted by Gasteiger charge is 2.52. The first-order chi connectivity index (χ1) is 53.2. The zero-order valence-electron chi connectivity index (χ0n) is 62.6. The third-order valence-electron chi connectivity index (χ3n) is 18.2. The van der Waals surface area contributed by atoms with Crippen molar-refractivity contribution >= 4 is 99.3 Å². The van der Waals surface area contributed by atoms with E-state index in [0.29, 0.717) is 35.5 Å². The molecule has 9 aromatic rings. The molecular weight excluding hydrogens is 1440 g/mol. The molecule has 582 valence electrons. The number of carbonyl (C=O) groups excluding carboxylic acids is 10. The Morgan fingerprint density at radius 1 is 0.640 bits per heavy atom. The average molecular weight is 1520 g/mol. The van der Waals surface area contributed by atoms with Crippen molar-refractivity contribution in [3.8, 4) is 28.4 Å².